The maximum absolute atomic E-state index is 5.70. The molecule has 0 saturated carbocycles. The fourth-order valence-corrected chi connectivity index (χ4v) is 2.47. The van der Waals surface area contributed by atoms with Gasteiger partial charge in [-0.05, 0) is 39.3 Å². The number of nitrogens with one attached hydrogen (secondary N) is 1. The summed E-state index contributed by atoms with van der Waals surface area (Å²) in [5, 5.41) is 3.51. The van der Waals surface area contributed by atoms with E-state index in [1.807, 2.05) is 0 Å². The van der Waals surface area contributed by atoms with Gasteiger partial charge in [0.1, 0.15) is 0 Å². The quantitative estimate of drug-likeness (QED) is 0.564. The Bertz CT molecular complexity index is 240. The normalized spacial score (nSPS) is 27.1. The second-order valence-electron chi connectivity index (χ2n) is 4.96. The zero-order valence-corrected chi connectivity index (χ0v) is 10.4. The highest BCUT2D eigenvalue weighted by Crippen LogP contribution is 2.19. The van der Waals surface area contributed by atoms with Crippen molar-refractivity contribution in [2.45, 2.75) is 31.8 Å². The average molecular weight is 224 g/mol. The molecule has 1 aliphatic carbocycles. The highest BCUT2D eigenvalue weighted by atomic mass is 16.5. The fourth-order valence-electron chi connectivity index (χ4n) is 2.47. The van der Waals surface area contributed by atoms with E-state index in [4.69, 9.17) is 4.74 Å². The molecule has 3 nitrogen and oxygen atoms in total. The second-order valence-corrected chi connectivity index (χ2v) is 4.96. The van der Waals surface area contributed by atoms with Gasteiger partial charge in [0.15, 0.2) is 0 Å². The fraction of sp³-hybridized carbons (Fsp3) is 0.846. The largest absolute Gasteiger partial charge is 0.374 e. The summed E-state index contributed by atoms with van der Waals surface area (Å²) in [7, 11) is 2.17. The van der Waals surface area contributed by atoms with Gasteiger partial charge < -0.3 is 15.0 Å². The Balaban J connectivity index is 1.53. The molecule has 0 amide bonds. The molecule has 1 unspecified atom stereocenters. The molecule has 1 fully saturated rings. The monoisotopic (exact) mass is 224 g/mol. The van der Waals surface area contributed by atoms with Gasteiger partial charge in [-0.2, -0.15) is 0 Å². The summed E-state index contributed by atoms with van der Waals surface area (Å²) < 4.78 is 5.70. The zero-order valence-electron chi connectivity index (χ0n) is 10.4. The summed E-state index contributed by atoms with van der Waals surface area (Å²) in [6.07, 6.45) is 8.01. The van der Waals surface area contributed by atoms with E-state index < -0.39 is 0 Å². The Morgan fingerprint density at radius 1 is 1.56 bits per heavy atom. The SMILES string of the molecule is CN1CCOC(CNCCC2=CCCC2)C1. The summed E-state index contributed by atoms with van der Waals surface area (Å²) >= 11 is 0. The topological polar surface area (TPSA) is 24.5 Å². The van der Waals surface area contributed by atoms with Crippen molar-refractivity contribution >= 4 is 0 Å². The van der Waals surface area contributed by atoms with Crippen molar-refractivity contribution in [1.29, 1.82) is 0 Å². The molecule has 1 N–H and O–H groups in total. The molecule has 1 saturated heterocycles. The van der Waals surface area contributed by atoms with E-state index in [1.54, 1.807) is 5.57 Å². The van der Waals surface area contributed by atoms with E-state index in [2.05, 4.69) is 23.3 Å². The van der Waals surface area contributed by atoms with Crippen LogP contribution in [0.1, 0.15) is 25.7 Å². The highest BCUT2D eigenvalue weighted by molar-refractivity contribution is 5.07. The number of hydrogen-bond acceptors (Lipinski definition) is 3. The first-order chi connectivity index (χ1) is 7.84. The first kappa shape index (κ1) is 12.1. The smallest absolute Gasteiger partial charge is 0.0826 e. The van der Waals surface area contributed by atoms with E-state index in [9.17, 15) is 0 Å². The molecule has 0 radical (unpaired) electrons. The minimum Gasteiger partial charge on any atom is -0.374 e. The van der Waals surface area contributed by atoms with Gasteiger partial charge >= 0.3 is 0 Å². The van der Waals surface area contributed by atoms with Crippen LogP contribution in [-0.4, -0.2) is 50.8 Å². The molecule has 0 aromatic heterocycles. The number of hydrogen-bond donors (Lipinski definition) is 1. The van der Waals surface area contributed by atoms with Crippen molar-refractivity contribution in [3.8, 4) is 0 Å². The lowest BCUT2D eigenvalue weighted by Gasteiger charge is -2.30. The molecule has 16 heavy (non-hydrogen) atoms. The Kier molecular flexibility index (Phi) is 4.82. The Hall–Kier alpha value is -0.380. The lowest BCUT2D eigenvalue weighted by atomic mass is 10.1. The minimum atomic E-state index is 0.385. The third-order valence-electron chi connectivity index (χ3n) is 3.47. The van der Waals surface area contributed by atoms with Crippen molar-refractivity contribution in [3.63, 3.8) is 0 Å². The standard InChI is InChI=1S/C13H24N2O/c1-15-8-9-16-13(11-15)10-14-7-6-12-4-2-3-5-12/h4,13-14H,2-3,5-11H2,1H3. The Labute approximate surface area is 98.8 Å². The molecular weight excluding hydrogens is 200 g/mol. The average Bonchev–Trinajstić information content (AvgIpc) is 2.77. The van der Waals surface area contributed by atoms with Gasteiger partial charge in [-0.15, -0.1) is 0 Å². The second kappa shape index (κ2) is 6.38. The van der Waals surface area contributed by atoms with Gasteiger partial charge in [-0.25, -0.2) is 0 Å². The van der Waals surface area contributed by atoms with E-state index >= 15 is 0 Å². The predicted molar refractivity (Wildman–Crippen MR) is 66.7 cm³/mol. The van der Waals surface area contributed by atoms with Gasteiger partial charge in [-0.1, -0.05) is 11.6 Å². The number of ether oxygens (including phenoxy) is 1. The minimum absolute atomic E-state index is 0.385. The molecule has 1 heterocycles. The van der Waals surface area contributed by atoms with Crippen LogP contribution in [0.3, 0.4) is 0 Å². The molecule has 2 rings (SSSR count). The molecule has 92 valence electrons. The maximum atomic E-state index is 5.70. The highest BCUT2D eigenvalue weighted by Gasteiger charge is 2.16. The van der Waals surface area contributed by atoms with Crippen molar-refractivity contribution < 1.29 is 4.74 Å². The molecule has 1 atom stereocenters. The molecule has 0 aromatic rings. The lowest BCUT2D eigenvalue weighted by molar-refractivity contribution is -0.0179. The van der Waals surface area contributed by atoms with Gasteiger partial charge in [0.25, 0.3) is 0 Å². The van der Waals surface area contributed by atoms with Crippen LogP contribution in [0, 0.1) is 0 Å². The van der Waals surface area contributed by atoms with Crippen LogP contribution < -0.4 is 5.32 Å². The molecule has 1 aliphatic heterocycles. The van der Waals surface area contributed by atoms with E-state index in [0.717, 1.165) is 32.8 Å². The third-order valence-corrected chi connectivity index (χ3v) is 3.47. The van der Waals surface area contributed by atoms with Crippen molar-refractivity contribution in [3.05, 3.63) is 11.6 Å². The summed E-state index contributed by atoms with van der Waals surface area (Å²) in [6.45, 7) is 5.13. The van der Waals surface area contributed by atoms with Gasteiger partial charge in [-0.3, -0.25) is 0 Å². The first-order valence-electron chi connectivity index (χ1n) is 6.53. The van der Waals surface area contributed by atoms with Crippen LogP contribution in [0.25, 0.3) is 0 Å². The maximum Gasteiger partial charge on any atom is 0.0826 e. The van der Waals surface area contributed by atoms with Gasteiger partial charge in [0.2, 0.25) is 0 Å². The zero-order chi connectivity index (χ0) is 11.2. The number of rotatable bonds is 5. The predicted octanol–water partition coefficient (Wildman–Crippen LogP) is 1.41. The van der Waals surface area contributed by atoms with E-state index in [-0.39, 0.29) is 0 Å². The molecule has 2 aliphatic rings. The number of likely N-dealkylation sites (N-methyl/N-ethyl adjacent to an activating group) is 1. The van der Waals surface area contributed by atoms with Crippen molar-refractivity contribution in [2.24, 2.45) is 0 Å². The van der Waals surface area contributed by atoms with Gasteiger partial charge in [0.05, 0.1) is 12.7 Å². The van der Waals surface area contributed by atoms with Crippen LogP contribution in [-0.2, 0) is 4.74 Å². The van der Waals surface area contributed by atoms with Crippen LogP contribution in [0.15, 0.2) is 11.6 Å². The van der Waals surface area contributed by atoms with E-state index in [0.29, 0.717) is 6.10 Å². The number of morpholine rings is 1. The molecule has 0 bridgehead atoms. The molecular formula is C13H24N2O. The van der Waals surface area contributed by atoms with Crippen LogP contribution >= 0.6 is 0 Å². The number of allylic oxidation sites excluding steroid dienone is 1. The van der Waals surface area contributed by atoms with Crippen molar-refractivity contribution in [2.75, 3.05) is 39.8 Å². The van der Waals surface area contributed by atoms with Crippen LogP contribution in [0.4, 0.5) is 0 Å². The number of nitrogens with zero attached hydrogens (tertiary/aromatic N) is 1. The van der Waals surface area contributed by atoms with Crippen molar-refractivity contribution in [1.82, 2.24) is 10.2 Å². The Morgan fingerprint density at radius 3 is 3.25 bits per heavy atom. The molecule has 3 heteroatoms. The molecule has 0 aromatic carbocycles. The summed E-state index contributed by atoms with van der Waals surface area (Å²) in [6, 6.07) is 0. The Morgan fingerprint density at radius 2 is 2.50 bits per heavy atom. The van der Waals surface area contributed by atoms with Gasteiger partial charge in [0, 0.05) is 19.6 Å². The summed E-state index contributed by atoms with van der Waals surface area (Å²) in [4.78, 5) is 2.34. The first-order valence-corrected chi connectivity index (χ1v) is 6.53. The van der Waals surface area contributed by atoms with E-state index in [1.165, 1.54) is 25.7 Å². The molecule has 0 spiro atoms. The van der Waals surface area contributed by atoms with Crippen LogP contribution in [0.2, 0.25) is 0 Å². The van der Waals surface area contributed by atoms with Crippen LogP contribution in [0.5, 0.6) is 0 Å². The summed E-state index contributed by atoms with van der Waals surface area (Å²) in [5.41, 5.74) is 1.65. The third kappa shape index (κ3) is 3.89. The lowest BCUT2D eigenvalue weighted by Crippen LogP contribution is -2.44. The summed E-state index contributed by atoms with van der Waals surface area (Å²) in [5.74, 6) is 0.